The number of benzene rings is 2. The lowest BCUT2D eigenvalue weighted by atomic mass is 10.1. The van der Waals surface area contributed by atoms with Gasteiger partial charge in [-0.25, -0.2) is 4.21 Å². The van der Waals surface area contributed by atoms with Gasteiger partial charge in [-0.3, -0.25) is 0 Å². The molecule has 5 nitrogen and oxygen atoms in total. The maximum Gasteiger partial charge on any atom is 0.147 e. The molecule has 96 valence electrons. The Morgan fingerprint density at radius 2 is 1.94 bits per heavy atom. The third-order valence-corrected chi connectivity index (χ3v) is 2.74. The van der Waals surface area contributed by atoms with E-state index in [-0.39, 0.29) is 6.17 Å². The van der Waals surface area contributed by atoms with Crippen LogP contribution in [0.15, 0.2) is 36.4 Å². The molecule has 2 unspecified atom stereocenters. The lowest BCUT2D eigenvalue weighted by Crippen LogP contribution is -2.25. The SMILES string of the molecule is CC(N)Nc1cccc2c(OS(=O)[O-])cccc12. The van der Waals surface area contributed by atoms with Gasteiger partial charge in [0, 0.05) is 16.5 Å². The molecule has 6 heteroatoms. The fourth-order valence-electron chi connectivity index (χ4n) is 1.80. The number of fused-ring (bicyclic) bond motifs is 1. The van der Waals surface area contributed by atoms with Gasteiger partial charge in [-0.15, -0.1) is 0 Å². The molecule has 0 aromatic heterocycles. The Hall–Kier alpha value is -1.63. The molecule has 0 aliphatic carbocycles. The summed E-state index contributed by atoms with van der Waals surface area (Å²) in [6, 6.07) is 10.7. The predicted molar refractivity (Wildman–Crippen MR) is 70.8 cm³/mol. The van der Waals surface area contributed by atoms with Crippen LogP contribution in [0.25, 0.3) is 10.8 Å². The summed E-state index contributed by atoms with van der Waals surface area (Å²) in [6.07, 6.45) is -0.200. The van der Waals surface area contributed by atoms with Crippen molar-refractivity contribution >= 4 is 27.8 Å². The van der Waals surface area contributed by atoms with E-state index in [4.69, 9.17) is 9.92 Å². The van der Waals surface area contributed by atoms with Crippen LogP contribution in [0.3, 0.4) is 0 Å². The van der Waals surface area contributed by atoms with E-state index >= 15 is 0 Å². The van der Waals surface area contributed by atoms with Gasteiger partial charge in [-0.2, -0.15) is 0 Å². The third kappa shape index (κ3) is 2.79. The lowest BCUT2D eigenvalue weighted by molar-refractivity contribution is 0.442. The van der Waals surface area contributed by atoms with Crippen LogP contribution in [0.5, 0.6) is 5.75 Å². The van der Waals surface area contributed by atoms with Gasteiger partial charge in [0.1, 0.15) is 17.1 Å². The normalized spacial score (nSPS) is 14.2. The first-order valence-corrected chi connectivity index (χ1v) is 6.39. The van der Waals surface area contributed by atoms with E-state index in [1.807, 2.05) is 25.1 Å². The molecule has 2 rings (SSSR count). The smallest absolute Gasteiger partial charge is 0.147 e. The highest BCUT2D eigenvalue weighted by Gasteiger charge is 2.06. The second kappa shape index (κ2) is 5.34. The minimum Gasteiger partial charge on any atom is -0.740 e. The zero-order valence-electron chi connectivity index (χ0n) is 9.75. The van der Waals surface area contributed by atoms with E-state index in [0.29, 0.717) is 11.1 Å². The van der Waals surface area contributed by atoms with E-state index in [0.717, 1.165) is 11.1 Å². The Bertz CT molecular complexity index is 587. The average Bonchev–Trinajstić information content (AvgIpc) is 2.29. The molecule has 0 saturated heterocycles. The minimum absolute atomic E-state index is 0.200. The van der Waals surface area contributed by atoms with Crippen molar-refractivity contribution in [1.29, 1.82) is 0 Å². The summed E-state index contributed by atoms with van der Waals surface area (Å²) in [5.74, 6) is 0.300. The van der Waals surface area contributed by atoms with E-state index < -0.39 is 11.4 Å². The summed E-state index contributed by atoms with van der Waals surface area (Å²) in [5.41, 5.74) is 6.53. The second-order valence-corrected chi connectivity index (χ2v) is 4.45. The molecule has 18 heavy (non-hydrogen) atoms. The molecule has 0 amide bonds. The van der Waals surface area contributed by atoms with Gasteiger partial charge in [0.15, 0.2) is 0 Å². The zero-order valence-corrected chi connectivity index (χ0v) is 10.6. The topological polar surface area (TPSA) is 87.4 Å². The molecule has 2 atom stereocenters. The summed E-state index contributed by atoms with van der Waals surface area (Å²) < 4.78 is 26.0. The summed E-state index contributed by atoms with van der Waals surface area (Å²) >= 11 is -2.59. The number of nitrogens with one attached hydrogen (secondary N) is 1. The van der Waals surface area contributed by atoms with Crippen molar-refractivity contribution in [3.05, 3.63) is 36.4 Å². The van der Waals surface area contributed by atoms with Gasteiger partial charge in [0.05, 0.1) is 6.17 Å². The molecule has 2 aromatic carbocycles. The molecule has 0 aliphatic rings. The number of hydrogen-bond donors (Lipinski definition) is 2. The first kappa shape index (κ1) is 12.8. The largest absolute Gasteiger partial charge is 0.740 e. The summed E-state index contributed by atoms with van der Waals surface area (Å²) in [7, 11) is 0. The van der Waals surface area contributed by atoms with Gasteiger partial charge >= 0.3 is 0 Å². The summed E-state index contributed by atoms with van der Waals surface area (Å²) in [5, 5.41) is 4.67. The molecule has 0 bridgehead atoms. The Morgan fingerprint density at radius 3 is 2.61 bits per heavy atom. The molecule has 0 fully saturated rings. The fourth-order valence-corrected chi connectivity index (χ4v) is 2.09. The van der Waals surface area contributed by atoms with E-state index in [2.05, 4.69) is 5.32 Å². The van der Waals surface area contributed by atoms with E-state index in [9.17, 15) is 8.76 Å². The van der Waals surface area contributed by atoms with Gasteiger partial charge in [0.2, 0.25) is 0 Å². The van der Waals surface area contributed by atoms with Gasteiger partial charge < -0.3 is 19.8 Å². The van der Waals surface area contributed by atoms with Crippen molar-refractivity contribution in [1.82, 2.24) is 0 Å². The van der Waals surface area contributed by atoms with Crippen LogP contribution in [0, 0.1) is 0 Å². The van der Waals surface area contributed by atoms with Crippen LogP contribution in [-0.2, 0) is 11.4 Å². The van der Waals surface area contributed by atoms with Gasteiger partial charge in [-0.1, -0.05) is 24.3 Å². The Labute approximate surface area is 107 Å². The fraction of sp³-hybridized carbons (Fsp3) is 0.167. The molecule has 0 radical (unpaired) electrons. The van der Waals surface area contributed by atoms with Crippen LogP contribution in [0.1, 0.15) is 6.92 Å². The number of anilines is 1. The first-order valence-electron chi connectivity index (χ1n) is 5.39. The molecule has 0 saturated carbocycles. The molecular formula is C12H13N2O3S-. The standard InChI is InChI=1S/C12H14N2O3S/c1-8(13)14-11-6-2-5-10-9(11)4-3-7-12(10)17-18(15)16/h2-8,14H,13H2,1H3,(H,15,16)/p-1. The average molecular weight is 265 g/mol. The monoisotopic (exact) mass is 265 g/mol. The molecule has 3 N–H and O–H groups in total. The lowest BCUT2D eigenvalue weighted by Gasteiger charge is -2.15. The van der Waals surface area contributed by atoms with Crippen molar-refractivity contribution in [3.8, 4) is 5.75 Å². The Balaban J connectivity index is 2.54. The van der Waals surface area contributed by atoms with Crippen LogP contribution >= 0.6 is 0 Å². The maximum absolute atomic E-state index is 10.6. The Morgan fingerprint density at radius 1 is 1.28 bits per heavy atom. The van der Waals surface area contributed by atoms with Crippen molar-refractivity contribution in [2.75, 3.05) is 5.32 Å². The highest BCUT2D eigenvalue weighted by Crippen LogP contribution is 2.31. The van der Waals surface area contributed by atoms with Gasteiger partial charge in [-0.05, 0) is 19.1 Å². The van der Waals surface area contributed by atoms with E-state index in [1.54, 1.807) is 18.2 Å². The number of hydrogen-bond acceptors (Lipinski definition) is 5. The van der Waals surface area contributed by atoms with Crippen molar-refractivity contribution < 1.29 is 12.9 Å². The van der Waals surface area contributed by atoms with E-state index in [1.165, 1.54) is 0 Å². The maximum atomic E-state index is 10.6. The highest BCUT2D eigenvalue weighted by molar-refractivity contribution is 7.74. The molecule has 0 spiro atoms. The second-order valence-electron chi connectivity index (χ2n) is 3.88. The molecule has 0 heterocycles. The first-order chi connectivity index (χ1) is 8.58. The minimum atomic E-state index is -2.59. The Kier molecular flexibility index (Phi) is 3.81. The third-order valence-electron chi connectivity index (χ3n) is 2.42. The van der Waals surface area contributed by atoms with Crippen molar-refractivity contribution in [3.63, 3.8) is 0 Å². The summed E-state index contributed by atoms with van der Waals surface area (Å²) in [4.78, 5) is 0. The molecular weight excluding hydrogens is 252 g/mol. The van der Waals surface area contributed by atoms with Crippen molar-refractivity contribution in [2.24, 2.45) is 5.73 Å². The number of rotatable bonds is 4. The quantitative estimate of drug-likeness (QED) is 0.649. The zero-order chi connectivity index (χ0) is 13.1. The van der Waals surface area contributed by atoms with Crippen LogP contribution in [0.4, 0.5) is 5.69 Å². The van der Waals surface area contributed by atoms with Crippen LogP contribution in [0.2, 0.25) is 0 Å². The molecule has 0 aliphatic heterocycles. The van der Waals surface area contributed by atoms with Crippen LogP contribution < -0.4 is 15.2 Å². The predicted octanol–water partition coefficient (Wildman–Crippen LogP) is 1.73. The van der Waals surface area contributed by atoms with Gasteiger partial charge in [0.25, 0.3) is 0 Å². The van der Waals surface area contributed by atoms with Crippen molar-refractivity contribution in [2.45, 2.75) is 13.1 Å². The number of nitrogens with two attached hydrogens (primary N) is 1. The summed E-state index contributed by atoms with van der Waals surface area (Å²) in [6.45, 7) is 1.83. The van der Waals surface area contributed by atoms with Crippen LogP contribution in [-0.4, -0.2) is 14.9 Å². The highest BCUT2D eigenvalue weighted by atomic mass is 32.2. The molecule has 2 aromatic rings.